The van der Waals surface area contributed by atoms with Gasteiger partial charge in [-0.05, 0) is 22.4 Å². The van der Waals surface area contributed by atoms with Crippen molar-refractivity contribution in [1.29, 1.82) is 0 Å². The van der Waals surface area contributed by atoms with Gasteiger partial charge in [0.15, 0.2) is 0 Å². The van der Waals surface area contributed by atoms with Crippen molar-refractivity contribution in [2.45, 2.75) is 32.0 Å². The Balaban J connectivity index is 2.99. The number of halogens is 1. The lowest BCUT2D eigenvalue weighted by atomic mass is 10.1. The third-order valence-corrected chi connectivity index (χ3v) is 3.50. The molecule has 1 aromatic heterocycles. The zero-order valence-corrected chi connectivity index (χ0v) is 12.6. The number of hydrogen-bond donors (Lipinski definition) is 2. The normalized spacial score (nSPS) is 14.7. The van der Waals surface area contributed by atoms with Gasteiger partial charge in [-0.1, -0.05) is 6.92 Å². The third kappa shape index (κ3) is 3.52. The SMILES string of the molecule is CCC(OC)C(NN)c1c(Br)cnn1CCOC. The second-order valence-corrected chi connectivity index (χ2v) is 4.77. The summed E-state index contributed by atoms with van der Waals surface area (Å²) in [6, 6.07) is -0.117. The molecule has 0 fully saturated rings. The van der Waals surface area contributed by atoms with E-state index in [1.807, 2.05) is 4.68 Å². The Labute approximate surface area is 116 Å². The molecule has 0 aromatic carbocycles. The van der Waals surface area contributed by atoms with Crippen LogP contribution in [0.25, 0.3) is 0 Å². The number of aromatic nitrogens is 2. The molecule has 2 unspecified atom stereocenters. The van der Waals surface area contributed by atoms with Gasteiger partial charge in [-0.3, -0.25) is 10.5 Å². The topological polar surface area (TPSA) is 74.3 Å². The molecule has 2 atom stereocenters. The summed E-state index contributed by atoms with van der Waals surface area (Å²) in [6.07, 6.45) is 2.61. The summed E-state index contributed by atoms with van der Waals surface area (Å²) in [5.41, 5.74) is 3.78. The van der Waals surface area contributed by atoms with Crippen LogP contribution in [0.4, 0.5) is 0 Å². The lowest BCUT2D eigenvalue weighted by molar-refractivity contribution is 0.0613. The van der Waals surface area contributed by atoms with E-state index in [0.29, 0.717) is 13.2 Å². The summed E-state index contributed by atoms with van der Waals surface area (Å²) < 4.78 is 13.3. The minimum Gasteiger partial charge on any atom is -0.383 e. The van der Waals surface area contributed by atoms with Gasteiger partial charge >= 0.3 is 0 Å². The molecule has 0 radical (unpaired) electrons. The van der Waals surface area contributed by atoms with Crippen molar-refractivity contribution in [3.05, 3.63) is 16.4 Å². The van der Waals surface area contributed by atoms with E-state index in [4.69, 9.17) is 15.3 Å². The Morgan fingerprint density at radius 1 is 1.56 bits per heavy atom. The molecule has 6 nitrogen and oxygen atoms in total. The zero-order valence-electron chi connectivity index (χ0n) is 11.0. The van der Waals surface area contributed by atoms with Crippen LogP contribution < -0.4 is 11.3 Å². The lowest BCUT2D eigenvalue weighted by Crippen LogP contribution is -2.39. The van der Waals surface area contributed by atoms with Crippen molar-refractivity contribution in [1.82, 2.24) is 15.2 Å². The lowest BCUT2D eigenvalue weighted by Gasteiger charge is -2.25. The van der Waals surface area contributed by atoms with Crippen LogP contribution >= 0.6 is 15.9 Å². The molecule has 104 valence electrons. The van der Waals surface area contributed by atoms with Crippen molar-refractivity contribution in [2.24, 2.45) is 5.84 Å². The Morgan fingerprint density at radius 3 is 2.78 bits per heavy atom. The van der Waals surface area contributed by atoms with Crippen molar-refractivity contribution in [3.8, 4) is 0 Å². The molecule has 1 rings (SSSR count). The van der Waals surface area contributed by atoms with Gasteiger partial charge in [-0.15, -0.1) is 0 Å². The molecule has 0 aliphatic heterocycles. The van der Waals surface area contributed by atoms with E-state index in [-0.39, 0.29) is 12.1 Å². The molecule has 0 saturated carbocycles. The monoisotopic (exact) mass is 320 g/mol. The summed E-state index contributed by atoms with van der Waals surface area (Å²) >= 11 is 3.50. The van der Waals surface area contributed by atoms with Gasteiger partial charge in [0.1, 0.15) is 0 Å². The first-order chi connectivity index (χ1) is 8.69. The number of hydrazine groups is 1. The van der Waals surface area contributed by atoms with E-state index in [9.17, 15) is 0 Å². The van der Waals surface area contributed by atoms with E-state index in [1.54, 1.807) is 20.4 Å². The van der Waals surface area contributed by atoms with E-state index in [2.05, 4.69) is 33.4 Å². The molecule has 0 aliphatic carbocycles. The largest absolute Gasteiger partial charge is 0.383 e. The van der Waals surface area contributed by atoms with Crippen LogP contribution in [0.2, 0.25) is 0 Å². The number of nitrogens with one attached hydrogen (secondary N) is 1. The molecular weight excluding hydrogens is 300 g/mol. The zero-order chi connectivity index (χ0) is 13.5. The van der Waals surface area contributed by atoms with Crippen LogP contribution in [-0.2, 0) is 16.0 Å². The van der Waals surface area contributed by atoms with Gasteiger partial charge in [0, 0.05) is 14.2 Å². The molecule has 18 heavy (non-hydrogen) atoms. The second-order valence-electron chi connectivity index (χ2n) is 3.92. The highest BCUT2D eigenvalue weighted by Gasteiger charge is 2.26. The predicted octanol–water partition coefficient (Wildman–Crippen LogP) is 1.22. The maximum atomic E-state index is 5.66. The highest BCUT2D eigenvalue weighted by atomic mass is 79.9. The van der Waals surface area contributed by atoms with Gasteiger partial charge < -0.3 is 9.47 Å². The molecule has 0 bridgehead atoms. The van der Waals surface area contributed by atoms with Crippen LogP contribution in [0.5, 0.6) is 0 Å². The number of rotatable bonds is 8. The molecule has 7 heteroatoms. The summed E-state index contributed by atoms with van der Waals surface area (Å²) in [6.45, 7) is 3.33. The maximum Gasteiger partial charge on any atom is 0.0901 e. The van der Waals surface area contributed by atoms with Crippen molar-refractivity contribution in [2.75, 3.05) is 20.8 Å². The first-order valence-corrected chi connectivity index (χ1v) is 6.67. The smallest absolute Gasteiger partial charge is 0.0901 e. The van der Waals surface area contributed by atoms with Gasteiger partial charge in [0.2, 0.25) is 0 Å². The highest BCUT2D eigenvalue weighted by molar-refractivity contribution is 9.10. The molecule has 0 spiro atoms. The van der Waals surface area contributed by atoms with E-state index in [0.717, 1.165) is 16.6 Å². The molecule has 0 aliphatic rings. The molecule has 0 saturated heterocycles. The Kier molecular flexibility index (Phi) is 6.80. The second kappa shape index (κ2) is 7.85. The molecule has 1 heterocycles. The average molecular weight is 321 g/mol. The minimum atomic E-state index is -0.117. The number of nitrogens with two attached hydrogens (primary N) is 1. The van der Waals surface area contributed by atoms with Crippen LogP contribution in [-0.4, -0.2) is 36.7 Å². The standard InChI is InChI=1S/C11H21BrN4O2/c1-4-9(18-3)10(15-13)11-8(12)7-14-16(11)5-6-17-2/h7,9-10,15H,4-6,13H2,1-3H3. The predicted molar refractivity (Wildman–Crippen MR) is 73.0 cm³/mol. The average Bonchev–Trinajstić information content (AvgIpc) is 2.74. The minimum absolute atomic E-state index is 0.00991. The summed E-state index contributed by atoms with van der Waals surface area (Å²) in [5, 5.41) is 4.31. The first kappa shape index (κ1) is 15.6. The number of ether oxygens (including phenoxy) is 2. The molecular formula is C11H21BrN4O2. The molecule has 0 amide bonds. The van der Waals surface area contributed by atoms with Crippen molar-refractivity contribution in [3.63, 3.8) is 0 Å². The summed E-state index contributed by atoms with van der Waals surface area (Å²) in [7, 11) is 3.35. The molecule has 3 N–H and O–H groups in total. The Morgan fingerprint density at radius 2 is 2.28 bits per heavy atom. The van der Waals surface area contributed by atoms with Gasteiger partial charge in [-0.2, -0.15) is 5.10 Å². The number of hydrogen-bond acceptors (Lipinski definition) is 5. The van der Waals surface area contributed by atoms with Crippen molar-refractivity contribution >= 4 is 15.9 Å². The van der Waals surface area contributed by atoms with Gasteiger partial charge in [0.05, 0.1) is 41.7 Å². The van der Waals surface area contributed by atoms with E-state index < -0.39 is 0 Å². The Hall–Kier alpha value is -0.470. The summed E-state index contributed by atoms with van der Waals surface area (Å²) in [5.74, 6) is 5.66. The number of methoxy groups -OCH3 is 2. The van der Waals surface area contributed by atoms with Crippen LogP contribution in [0.3, 0.4) is 0 Å². The fourth-order valence-electron chi connectivity index (χ4n) is 1.94. The van der Waals surface area contributed by atoms with Crippen molar-refractivity contribution < 1.29 is 9.47 Å². The van der Waals surface area contributed by atoms with E-state index >= 15 is 0 Å². The van der Waals surface area contributed by atoms with Crippen LogP contribution in [0.15, 0.2) is 10.7 Å². The quantitative estimate of drug-likeness (QED) is 0.556. The van der Waals surface area contributed by atoms with Gasteiger partial charge in [-0.25, -0.2) is 5.43 Å². The van der Waals surface area contributed by atoms with E-state index in [1.165, 1.54) is 0 Å². The van der Waals surface area contributed by atoms with Crippen LogP contribution in [0, 0.1) is 0 Å². The maximum absolute atomic E-state index is 5.66. The fraction of sp³-hybridized carbons (Fsp3) is 0.727. The summed E-state index contributed by atoms with van der Waals surface area (Å²) in [4.78, 5) is 0. The van der Waals surface area contributed by atoms with Crippen LogP contribution in [0.1, 0.15) is 25.1 Å². The third-order valence-electron chi connectivity index (χ3n) is 2.89. The molecule has 1 aromatic rings. The first-order valence-electron chi connectivity index (χ1n) is 5.88. The van der Waals surface area contributed by atoms with Gasteiger partial charge in [0.25, 0.3) is 0 Å². The fourth-order valence-corrected chi connectivity index (χ4v) is 2.48. The highest BCUT2D eigenvalue weighted by Crippen LogP contribution is 2.27. The Bertz CT molecular complexity index is 355. The number of nitrogens with zero attached hydrogens (tertiary/aromatic N) is 2.